The smallest absolute Gasteiger partial charge is 0.227 e. The Morgan fingerprint density at radius 1 is 1.18 bits per heavy atom. The molecule has 1 N–H and O–H groups in total. The Morgan fingerprint density at radius 3 is 2.50 bits per heavy atom. The summed E-state index contributed by atoms with van der Waals surface area (Å²) in [5.41, 5.74) is 0.884. The minimum atomic E-state index is 0.163. The number of hydrogen-bond acceptors (Lipinski definition) is 2. The first-order chi connectivity index (χ1) is 10.7. The van der Waals surface area contributed by atoms with Gasteiger partial charge in [-0.05, 0) is 63.2 Å². The number of amides is 1. The molecule has 0 saturated carbocycles. The predicted molar refractivity (Wildman–Crippen MR) is 96.1 cm³/mol. The highest BCUT2D eigenvalue weighted by atomic mass is 79.9. The molecule has 1 fully saturated rings. The van der Waals surface area contributed by atoms with Gasteiger partial charge in [0.05, 0.1) is 0 Å². The summed E-state index contributed by atoms with van der Waals surface area (Å²) in [4.78, 5) is 14.8. The van der Waals surface area contributed by atoms with Crippen molar-refractivity contribution >= 4 is 27.5 Å². The summed E-state index contributed by atoms with van der Waals surface area (Å²) in [6.07, 6.45) is 7.22. The molecule has 1 aromatic carbocycles. The van der Waals surface area contributed by atoms with Gasteiger partial charge in [0.1, 0.15) is 0 Å². The summed E-state index contributed by atoms with van der Waals surface area (Å²) in [5.74, 6) is 0.337. The number of nitrogens with one attached hydrogen (secondary N) is 1. The highest BCUT2D eigenvalue weighted by Crippen LogP contribution is 2.21. The van der Waals surface area contributed by atoms with Crippen molar-refractivity contribution < 1.29 is 4.79 Å². The number of benzene rings is 1. The summed E-state index contributed by atoms with van der Waals surface area (Å²) in [7, 11) is 0. The van der Waals surface area contributed by atoms with Crippen LogP contribution in [0.1, 0.15) is 45.4 Å². The highest BCUT2D eigenvalue weighted by Gasteiger charge is 2.24. The van der Waals surface area contributed by atoms with Gasteiger partial charge >= 0.3 is 0 Å². The molecule has 3 nitrogen and oxygen atoms in total. The molecule has 1 heterocycles. The summed E-state index contributed by atoms with van der Waals surface area (Å²) < 4.78 is 1.03. The molecule has 2 rings (SSSR count). The fraction of sp³-hybridized carbons (Fsp3) is 0.611. The van der Waals surface area contributed by atoms with Crippen molar-refractivity contribution in [2.45, 2.75) is 45.4 Å². The first kappa shape index (κ1) is 17.5. The zero-order chi connectivity index (χ0) is 15.8. The van der Waals surface area contributed by atoms with Gasteiger partial charge in [0.15, 0.2) is 0 Å². The predicted octanol–water partition coefficient (Wildman–Crippen LogP) is 4.68. The molecule has 1 aromatic rings. The zero-order valence-electron chi connectivity index (χ0n) is 13.5. The number of nitrogens with zero attached hydrogens (tertiary/aromatic N) is 1. The lowest BCUT2D eigenvalue weighted by molar-refractivity contribution is -0.121. The summed E-state index contributed by atoms with van der Waals surface area (Å²) in [5, 5.41) is 3.04. The number of rotatable bonds is 7. The van der Waals surface area contributed by atoms with Gasteiger partial charge in [0, 0.05) is 16.1 Å². The van der Waals surface area contributed by atoms with Crippen molar-refractivity contribution in [3.05, 3.63) is 28.7 Å². The van der Waals surface area contributed by atoms with Gasteiger partial charge in [-0.2, -0.15) is 0 Å². The van der Waals surface area contributed by atoms with E-state index in [0.717, 1.165) is 36.1 Å². The van der Waals surface area contributed by atoms with E-state index in [2.05, 4.69) is 33.1 Å². The number of piperidine rings is 1. The molecule has 1 saturated heterocycles. The third-order valence-corrected chi connectivity index (χ3v) is 4.93. The van der Waals surface area contributed by atoms with Crippen LogP contribution in [0, 0.1) is 5.92 Å². The van der Waals surface area contributed by atoms with Crippen LogP contribution in [0.5, 0.6) is 0 Å². The van der Waals surface area contributed by atoms with Crippen molar-refractivity contribution in [1.82, 2.24) is 4.90 Å². The molecule has 1 aliphatic rings. The van der Waals surface area contributed by atoms with Crippen LogP contribution < -0.4 is 5.32 Å². The lowest BCUT2D eigenvalue weighted by Gasteiger charge is -2.31. The van der Waals surface area contributed by atoms with Gasteiger partial charge < -0.3 is 10.2 Å². The third kappa shape index (κ3) is 5.73. The van der Waals surface area contributed by atoms with Gasteiger partial charge in [0.25, 0.3) is 0 Å². The fourth-order valence-electron chi connectivity index (χ4n) is 2.96. The molecule has 0 bridgehead atoms. The van der Waals surface area contributed by atoms with Crippen LogP contribution in [0.15, 0.2) is 28.7 Å². The average molecular weight is 367 g/mol. The van der Waals surface area contributed by atoms with Gasteiger partial charge in [-0.25, -0.2) is 0 Å². The van der Waals surface area contributed by atoms with E-state index in [1.54, 1.807) is 0 Å². The number of halogens is 1. The molecule has 4 heteroatoms. The Labute approximate surface area is 142 Å². The normalized spacial score (nSPS) is 16.6. The largest absolute Gasteiger partial charge is 0.326 e. The molecule has 0 aromatic heterocycles. The quantitative estimate of drug-likeness (QED) is 0.710. The van der Waals surface area contributed by atoms with E-state index < -0.39 is 0 Å². The number of hydrogen-bond donors (Lipinski definition) is 1. The van der Waals surface area contributed by atoms with Crippen LogP contribution in [-0.2, 0) is 4.79 Å². The van der Waals surface area contributed by atoms with Gasteiger partial charge in [-0.1, -0.05) is 42.1 Å². The van der Waals surface area contributed by atoms with Crippen molar-refractivity contribution in [2.75, 3.05) is 25.0 Å². The molecular weight excluding hydrogens is 340 g/mol. The molecule has 22 heavy (non-hydrogen) atoms. The van der Waals surface area contributed by atoms with Crippen LogP contribution in [-0.4, -0.2) is 30.4 Å². The number of anilines is 1. The van der Waals surface area contributed by atoms with Gasteiger partial charge in [-0.15, -0.1) is 0 Å². The molecule has 122 valence electrons. The third-order valence-electron chi connectivity index (χ3n) is 4.40. The van der Waals surface area contributed by atoms with E-state index in [9.17, 15) is 4.79 Å². The summed E-state index contributed by atoms with van der Waals surface area (Å²) in [6, 6.07) is 7.78. The monoisotopic (exact) mass is 366 g/mol. The number of carbonyl (C=O) groups is 1. The molecule has 0 spiro atoms. The molecule has 0 aliphatic carbocycles. The van der Waals surface area contributed by atoms with Crippen molar-refractivity contribution in [1.29, 1.82) is 0 Å². The van der Waals surface area contributed by atoms with E-state index in [1.165, 1.54) is 32.2 Å². The molecule has 1 amide bonds. The van der Waals surface area contributed by atoms with E-state index in [-0.39, 0.29) is 11.8 Å². The topological polar surface area (TPSA) is 32.3 Å². The minimum absolute atomic E-state index is 0.163. The second kappa shape index (κ2) is 9.31. The maximum Gasteiger partial charge on any atom is 0.227 e. The fourth-order valence-corrected chi connectivity index (χ4v) is 3.22. The second-order valence-corrected chi connectivity index (χ2v) is 7.09. The van der Waals surface area contributed by atoms with E-state index in [4.69, 9.17) is 0 Å². The van der Waals surface area contributed by atoms with Gasteiger partial charge in [-0.3, -0.25) is 4.79 Å². The second-order valence-electron chi connectivity index (χ2n) is 6.17. The van der Waals surface area contributed by atoms with E-state index in [1.807, 2.05) is 24.3 Å². The van der Waals surface area contributed by atoms with Crippen molar-refractivity contribution in [3.63, 3.8) is 0 Å². The lowest BCUT2D eigenvalue weighted by atomic mass is 9.95. The highest BCUT2D eigenvalue weighted by molar-refractivity contribution is 9.10. The van der Waals surface area contributed by atoms with Crippen molar-refractivity contribution in [3.8, 4) is 0 Å². The molecule has 0 radical (unpaired) electrons. The average Bonchev–Trinajstić information content (AvgIpc) is 2.54. The van der Waals surface area contributed by atoms with Crippen molar-refractivity contribution in [2.24, 2.45) is 5.92 Å². The Kier molecular flexibility index (Phi) is 7.40. The van der Waals surface area contributed by atoms with Crippen LogP contribution in [0.4, 0.5) is 5.69 Å². The zero-order valence-corrected chi connectivity index (χ0v) is 15.1. The molecule has 0 unspecified atom stereocenters. The van der Waals surface area contributed by atoms with E-state index >= 15 is 0 Å². The van der Waals surface area contributed by atoms with Crippen LogP contribution >= 0.6 is 15.9 Å². The Hall–Kier alpha value is -0.870. The summed E-state index contributed by atoms with van der Waals surface area (Å²) in [6.45, 7) is 5.56. The molecule has 0 atom stereocenters. The Bertz CT molecular complexity index is 453. The number of carbonyl (C=O) groups excluding carboxylic acids is 1. The standard InChI is InChI=1S/C18H27BrN2O/c1-2-3-4-5-12-21-13-10-15(11-14-21)18(22)20-17-8-6-16(19)7-9-17/h6-9,15H,2-5,10-14H2,1H3,(H,20,22). The number of unbranched alkanes of at least 4 members (excludes halogenated alkanes) is 3. The van der Waals surface area contributed by atoms with Crippen LogP contribution in [0.3, 0.4) is 0 Å². The Morgan fingerprint density at radius 2 is 1.86 bits per heavy atom. The Balaban J connectivity index is 1.69. The first-order valence-corrected chi connectivity index (χ1v) is 9.27. The van der Waals surface area contributed by atoms with E-state index in [0.29, 0.717) is 0 Å². The summed E-state index contributed by atoms with van der Waals surface area (Å²) >= 11 is 3.41. The lowest BCUT2D eigenvalue weighted by Crippen LogP contribution is -2.38. The molecular formula is C18H27BrN2O. The SMILES string of the molecule is CCCCCCN1CCC(C(=O)Nc2ccc(Br)cc2)CC1. The maximum atomic E-state index is 12.3. The first-order valence-electron chi connectivity index (χ1n) is 8.48. The maximum absolute atomic E-state index is 12.3. The number of likely N-dealkylation sites (tertiary alicyclic amines) is 1. The molecule has 1 aliphatic heterocycles. The minimum Gasteiger partial charge on any atom is -0.326 e. The van der Waals surface area contributed by atoms with Gasteiger partial charge in [0.2, 0.25) is 5.91 Å². The van der Waals surface area contributed by atoms with Crippen LogP contribution in [0.25, 0.3) is 0 Å². The van der Waals surface area contributed by atoms with Crippen LogP contribution in [0.2, 0.25) is 0 Å².